The lowest BCUT2D eigenvalue weighted by Gasteiger charge is -2.06. The number of hydrogen-bond acceptors (Lipinski definition) is 5. The molecule has 3 rings (SSSR count). The van der Waals surface area contributed by atoms with Gasteiger partial charge in [-0.3, -0.25) is 4.79 Å². The molecule has 5 nitrogen and oxygen atoms in total. The van der Waals surface area contributed by atoms with Gasteiger partial charge in [-0.2, -0.15) is 0 Å². The van der Waals surface area contributed by atoms with E-state index in [1.54, 1.807) is 11.3 Å². The first kappa shape index (κ1) is 14.6. The molecule has 0 unspecified atom stereocenters. The molecule has 2 aromatic heterocycles. The van der Waals surface area contributed by atoms with Gasteiger partial charge in [0, 0.05) is 17.3 Å². The highest BCUT2D eigenvalue weighted by atomic mass is 32.2. The maximum absolute atomic E-state index is 11.9. The van der Waals surface area contributed by atoms with Crippen molar-refractivity contribution in [1.82, 2.24) is 20.1 Å². The van der Waals surface area contributed by atoms with Crippen LogP contribution in [-0.2, 0) is 17.9 Å². The molecular weight excluding hydrogens is 304 g/mol. The Bertz CT molecular complexity index is 605. The molecule has 1 saturated carbocycles. The first-order valence-electron chi connectivity index (χ1n) is 7.13. The maximum Gasteiger partial charge on any atom is 0.230 e. The van der Waals surface area contributed by atoms with Crippen LogP contribution in [0.5, 0.6) is 0 Å². The Balaban J connectivity index is 1.51. The van der Waals surface area contributed by atoms with Gasteiger partial charge in [-0.1, -0.05) is 17.8 Å². The van der Waals surface area contributed by atoms with E-state index in [2.05, 4.69) is 27.0 Å². The summed E-state index contributed by atoms with van der Waals surface area (Å²) in [5, 5.41) is 14.3. The third-order valence-corrected chi connectivity index (χ3v) is 5.22. The number of amides is 1. The zero-order chi connectivity index (χ0) is 14.7. The SMILES string of the molecule is CCn1c(SCC(=O)NCc2cccs2)nnc1C1CC1. The molecule has 0 saturated heterocycles. The summed E-state index contributed by atoms with van der Waals surface area (Å²) < 4.78 is 2.13. The molecule has 1 fully saturated rings. The van der Waals surface area contributed by atoms with Crippen molar-refractivity contribution >= 4 is 29.0 Å². The van der Waals surface area contributed by atoms with E-state index in [0.29, 0.717) is 18.2 Å². The van der Waals surface area contributed by atoms with Crippen LogP contribution < -0.4 is 5.32 Å². The Morgan fingerprint density at radius 3 is 3.05 bits per heavy atom. The smallest absolute Gasteiger partial charge is 0.230 e. The van der Waals surface area contributed by atoms with E-state index in [-0.39, 0.29) is 5.91 Å². The van der Waals surface area contributed by atoms with Crippen molar-refractivity contribution in [1.29, 1.82) is 0 Å². The molecule has 1 aliphatic carbocycles. The number of thiophene rings is 1. The van der Waals surface area contributed by atoms with Gasteiger partial charge < -0.3 is 9.88 Å². The fraction of sp³-hybridized carbons (Fsp3) is 0.500. The standard InChI is InChI=1S/C14H18N4OS2/c1-2-18-13(10-5-6-10)16-17-14(18)21-9-12(19)15-8-11-4-3-7-20-11/h3-4,7,10H,2,5-6,8-9H2,1H3,(H,15,19). The molecule has 7 heteroatoms. The lowest BCUT2D eigenvalue weighted by atomic mass is 10.4. The molecule has 0 radical (unpaired) electrons. The molecule has 2 aromatic rings. The number of aromatic nitrogens is 3. The predicted molar refractivity (Wildman–Crippen MR) is 84.6 cm³/mol. The Morgan fingerprint density at radius 1 is 1.52 bits per heavy atom. The van der Waals surface area contributed by atoms with Crippen molar-refractivity contribution < 1.29 is 4.79 Å². The molecule has 0 atom stereocenters. The maximum atomic E-state index is 11.9. The van der Waals surface area contributed by atoms with E-state index in [9.17, 15) is 4.79 Å². The zero-order valence-corrected chi connectivity index (χ0v) is 13.5. The van der Waals surface area contributed by atoms with Gasteiger partial charge in [0.2, 0.25) is 5.91 Å². The second-order valence-electron chi connectivity index (χ2n) is 5.00. The van der Waals surface area contributed by atoms with Crippen molar-refractivity contribution in [2.45, 2.75) is 43.9 Å². The highest BCUT2D eigenvalue weighted by Crippen LogP contribution is 2.39. The molecule has 0 spiro atoms. The molecule has 112 valence electrons. The van der Waals surface area contributed by atoms with Crippen molar-refractivity contribution in [3.8, 4) is 0 Å². The largest absolute Gasteiger partial charge is 0.350 e. The normalized spacial score (nSPS) is 14.3. The van der Waals surface area contributed by atoms with E-state index in [0.717, 1.165) is 17.5 Å². The van der Waals surface area contributed by atoms with Gasteiger partial charge >= 0.3 is 0 Å². The van der Waals surface area contributed by atoms with E-state index < -0.39 is 0 Å². The van der Waals surface area contributed by atoms with Gasteiger partial charge in [-0.05, 0) is 31.2 Å². The third kappa shape index (κ3) is 3.65. The molecule has 1 N–H and O–H groups in total. The highest BCUT2D eigenvalue weighted by molar-refractivity contribution is 7.99. The van der Waals surface area contributed by atoms with Gasteiger partial charge in [-0.15, -0.1) is 21.5 Å². The minimum Gasteiger partial charge on any atom is -0.350 e. The summed E-state index contributed by atoms with van der Waals surface area (Å²) in [4.78, 5) is 13.0. The summed E-state index contributed by atoms with van der Waals surface area (Å²) >= 11 is 3.11. The molecule has 21 heavy (non-hydrogen) atoms. The van der Waals surface area contributed by atoms with E-state index in [4.69, 9.17) is 0 Å². The van der Waals surface area contributed by atoms with Crippen LogP contribution in [0.4, 0.5) is 0 Å². The van der Waals surface area contributed by atoms with Crippen molar-refractivity contribution in [3.05, 3.63) is 28.2 Å². The molecule has 1 aliphatic rings. The van der Waals surface area contributed by atoms with Crippen LogP contribution in [0, 0.1) is 0 Å². The average Bonchev–Trinajstić information content (AvgIpc) is 3.05. The summed E-state index contributed by atoms with van der Waals surface area (Å²) in [5.74, 6) is 2.08. The number of thioether (sulfide) groups is 1. The minimum absolute atomic E-state index is 0.0343. The second-order valence-corrected chi connectivity index (χ2v) is 6.98. The van der Waals surface area contributed by atoms with Crippen LogP contribution in [0.1, 0.15) is 36.4 Å². The van der Waals surface area contributed by atoms with Crippen LogP contribution in [0.2, 0.25) is 0 Å². The summed E-state index contributed by atoms with van der Waals surface area (Å²) in [6.07, 6.45) is 2.42. The monoisotopic (exact) mass is 322 g/mol. The molecule has 1 amide bonds. The van der Waals surface area contributed by atoms with Gasteiger partial charge in [0.05, 0.1) is 12.3 Å². The van der Waals surface area contributed by atoms with Crippen molar-refractivity contribution in [2.24, 2.45) is 0 Å². The topological polar surface area (TPSA) is 59.8 Å². The first-order valence-corrected chi connectivity index (χ1v) is 8.99. The summed E-state index contributed by atoms with van der Waals surface area (Å²) in [6.45, 7) is 3.55. The molecule has 0 bridgehead atoms. The molecule has 0 aliphatic heterocycles. The third-order valence-electron chi connectivity index (χ3n) is 3.38. The van der Waals surface area contributed by atoms with Gasteiger partial charge in [0.1, 0.15) is 5.82 Å². The first-order chi connectivity index (χ1) is 10.3. The van der Waals surface area contributed by atoms with Crippen LogP contribution in [0.3, 0.4) is 0 Å². The van der Waals surface area contributed by atoms with Crippen LogP contribution in [0.15, 0.2) is 22.7 Å². The average molecular weight is 322 g/mol. The quantitative estimate of drug-likeness (QED) is 0.796. The Hall–Kier alpha value is -1.34. The molecule has 0 aromatic carbocycles. The Kier molecular flexibility index (Phi) is 4.60. The summed E-state index contributed by atoms with van der Waals surface area (Å²) in [5.41, 5.74) is 0. The van der Waals surface area contributed by atoms with Crippen molar-refractivity contribution in [3.63, 3.8) is 0 Å². The minimum atomic E-state index is 0.0343. The number of hydrogen-bond donors (Lipinski definition) is 1. The second kappa shape index (κ2) is 6.62. The van der Waals surface area contributed by atoms with E-state index in [1.165, 1.54) is 29.5 Å². The fourth-order valence-corrected chi connectivity index (χ4v) is 3.61. The van der Waals surface area contributed by atoms with Crippen LogP contribution in [0.25, 0.3) is 0 Å². The van der Waals surface area contributed by atoms with Crippen molar-refractivity contribution in [2.75, 3.05) is 5.75 Å². The molecular formula is C14H18N4OS2. The van der Waals surface area contributed by atoms with Crippen LogP contribution in [-0.4, -0.2) is 26.4 Å². The molecule has 2 heterocycles. The highest BCUT2D eigenvalue weighted by Gasteiger charge is 2.30. The van der Waals surface area contributed by atoms with Gasteiger partial charge in [0.15, 0.2) is 5.16 Å². The van der Waals surface area contributed by atoms with E-state index >= 15 is 0 Å². The van der Waals surface area contributed by atoms with Crippen LogP contribution >= 0.6 is 23.1 Å². The van der Waals surface area contributed by atoms with E-state index in [1.807, 2.05) is 17.5 Å². The predicted octanol–water partition coefficient (Wildman–Crippen LogP) is 2.65. The number of carbonyl (C=O) groups excluding carboxylic acids is 1. The number of nitrogens with zero attached hydrogens (tertiary/aromatic N) is 3. The number of nitrogens with one attached hydrogen (secondary N) is 1. The summed E-state index contributed by atoms with van der Waals surface area (Å²) in [6, 6.07) is 4.01. The number of carbonyl (C=O) groups is 1. The number of rotatable bonds is 7. The summed E-state index contributed by atoms with van der Waals surface area (Å²) in [7, 11) is 0. The fourth-order valence-electron chi connectivity index (χ4n) is 2.13. The lowest BCUT2D eigenvalue weighted by Crippen LogP contribution is -2.24. The Labute approximate surface area is 132 Å². The zero-order valence-electron chi connectivity index (χ0n) is 11.9. The van der Waals surface area contributed by atoms with Gasteiger partial charge in [0.25, 0.3) is 0 Å². The van der Waals surface area contributed by atoms with Gasteiger partial charge in [-0.25, -0.2) is 0 Å². The Morgan fingerprint density at radius 2 is 2.38 bits per heavy atom. The lowest BCUT2D eigenvalue weighted by molar-refractivity contribution is -0.118.